The van der Waals surface area contributed by atoms with Crippen LogP contribution in [0.2, 0.25) is 0 Å². The Morgan fingerprint density at radius 3 is 2.11 bits per heavy atom. The van der Waals surface area contributed by atoms with Gasteiger partial charge in [-0.05, 0) is 78.4 Å². The Bertz CT molecular complexity index is 644. The van der Waals surface area contributed by atoms with Crippen LogP contribution >= 0.6 is 0 Å². The van der Waals surface area contributed by atoms with E-state index in [2.05, 4.69) is 34.6 Å². The van der Waals surface area contributed by atoms with Gasteiger partial charge in [0, 0.05) is 5.92 Å². The van der Waals surface area contributed by atoms with E-state index in [1.54, 1.807) is 0 Å². The molecule has 9 atom stereocenters. The molecule has 0 radical (unpaired) electrons. The standard InChI is InChI=1S/C23H38O4/c1-20(2)15-7-11-22(4)16(21(15,3)9-8-17(20)25)12-14(24)18-13(19(26)27)6-10-23(18,22)5/h13-18,24-25H,6-12H2,1-5H3,(H,26,27)/t13-,14+,15-,16+,17-,18-,21-,22+,23+/m0/s1. The second kappa shape index (κ2) is 5.72. The van der Waals surface area contributed by atoms with Crippen molar-refractivity contribution in [3.63, 3.8) is 0 Å². The maximum atomic E-state index is 11.9. The van der Waals surface area contributed by atoms with E-state index in [-0.39, 0.29) is 33.7 Å². The van der Waals surface area contributed by atoms with E-state index >= 15 is 0 Å². The molecule has 4 heteroatoms. The predicted molar refractivity (Wildman–Crippen MR) is 104 cm³/mol. The van der Waals surface area contributed by atoms with Crippen LogP contribution in [0.15, 0.2) is 0 Å². The summed E-state index contributed by atoms with van der Waals surface area (Å²) >= 11 is 0. The van der Waals surface area contributed by atoms with Crippen molar-refractivity contribution in [1.29, 1.82) is 0 Å². The largest absolute Gasteiger partial charge is 0.481 e. The molecule has 27 heavy (non-hydrogen) atoms. The SMILES string of the molecule is CC1(C)[C@@H](O)CC[C@]2(C)[C@H]3C[C@@H](O)[C@@H]4[C@@H](C(=O)O)CC[C@@]4(C)[C@]3(C)CC[C@@H]12. The fourth-order valence-electron chi connectivity index (χ4n) is 9.02. The van der Waals surface area contributed by atoms with Gasteiger partial charge < -0.3 is 15.3 Å². The van der Waals surface area contributed by atoms with Crippen molar-refractivity contribution in [2.75, 3.05) is 0 Å². The minimum absolute atomic E-state index is 0.0602. The third kappa shape index (κ3) is 2.26. The molecule has 0 spiro atoms. The molecular formula is C23H38O4. The molecule has 0 aromatic rings. The fourth-order valence-corrected chi connectivity index (χ4v) is 9.02. The van der Waals surface area contributed by atoms with Gasteiger partial charge in [0.05, 0.1) is 18.1 Å². The van der Waals surface area contributed by atoms with Gasteiger partial charge in [-0.15, -0.1) is 0 Å². The van der Waals surface area contributed by atoms with Gasteiger partial charge >= 0.3 is 5.97 Å². The first-order chi connectivity index (χ1) is 12.4. The molecular weight excluding hydrogens is 340 g/mol. The number of aliphatic hydroxyl groups is 2. The lowest BCUT2D eigenvalue weighted by molar-refractivity contribution is -0.241. The van der Waals surface area contributed by atoms with Crippen LogP contribution in [0.4, 0.5) is 0 Å². The van der Waals surface area contributed by atoms with E-state index in [4.69, 9.17) is 0 Å². The molecule has 4 rings (SSSR count). The quantitative estimate of drug-likeness (QED) is 0.642. The number of aliphatic hydroxyl groups excluding tert-OH is 2. The molecule has 154 valence electrons. The van der Waals surface area contributed by atoms with Crippen molar-refractivity contribution in [3.8, 4) is 0 Å². The normalized spacial score (nSPS) is 56.7. The third-order valence-electron chi connectivity index (χ3n) is 10.7. The lowest BCUT2D eigenvalue weighted by atomic mass is 9.35. The zero-order chi connectivity index (χ0) is 20.0. The summed E-state index contributed by atoms with van der Waals surface area (Å²) in [5.41, 5.74) is -0.0559. The monoisotopic (exact) mass is 378 g/mol. The molecule has 0 aromatic carbocycles. The van der Waals surface area contributed by atoms with Gasteiger partial charge in [-0.2, -0.15) is 0 Å². The van der Waals surface area contributed by atoms with Crippen molar-refractivity contribution in [1.82, 2.24) is 0 Å². The molecule has 4 aliphatic rings. The molecule has 0 bridgehead atoms. The first-order valence-electron chi connectivity index (χ1n) is 11.0. The maximum absolute atomic E-state index is 11.9. The molecule has 4 aliphatic carbocycles. The summed E-state index contributed by atoms with van der Waals surface area (Å²) in [6.45, 7) is 11.5. The van der Waals surface area contributed by atoms with E-state index in [1.165, 1.54) is 0 Å². The summed E-state index contributed by atoms with van der Waals surface area (Å²) in [7, 11) is 0. The second-order valence-electron chi connectivity index (χ2n) is 11.7. The molecule has 4 nitrogen and oxygen atoms in total. The molecule has 0 aromatic heterocycles. The van der Waals surface area contributed by atoms with Gasteiger partial charge in [0.25, 0.3) is 0 Å². The highest BCUT2D eigenvalue weighted by Crippen LogP contribution is 2.75. The van der Waals surface area contributed by atoms with Crippen LogP contribution in [0.25, 0.3) is 0 Å². The van der Waals surface area contributed by atoms with Crippen molar-refractivity contribution in [2.24, 2.45) is 45.3 Å². The zero-order valence-corrected chi connectivity index (χ0v) is 17.7. The molecule has 4 fully saturated rings. The molecule has 0 unspecified atom stereocenters. The fraction of sp³-hybridized carbons (Fsp3) is 0.957. The van der Waals surface area contributed by atoms with Crippen LogP contribution in [-0.2, 0) is 4.79 Å². The number of aliphatic carboxylic acids is 1. The smallest absolute Gasteiger partial charge is 0.306 e. The Labute approximate surface area is 163 Å². The van der Waals surface area contributed by atoms with Crippen molar-refractivity contribution in [2.45, 2.75) is 91.8 Å². The van der Waals surface area contributed by atoms with Gasteiger partial charge in [0.2, 0.25) is 0 Å². The van der Waals surface area contributed by atoms with Crippen molar-refractivity contribution in [3.05, 3.63) is 0 Å². The second-order valence-corrected chi connectivity index (χ2v) is 11.7. The van der Waals surface area contributed by atoms with Crippen LogP contribution in [-0.4, -0.2) is 33.5 Å². The van der Waals surface area contributed by atoms with Crippen LogP contribution in [0, 0.1) is 45.3 Å². The summed E-state index contributed by atoms with van der Waals surface area (Å²) in [6.07, 6.45) is 5.58. The Morgan fingerprint density at radius 2 is 1.48 bits per heavy atom. The summed E-state index contributed by atoms with van der Waals surface area (Å²) < 4.78 is 0. The Balaban J connectivity index is 1.77. The van der Waals surface area contributed by atoms with Gasteiger partial charge in [-0.1, -0.05) is 34.6 Å². The molecule has 3 N–H and O–H groups in total. The highest BCUT2D eigenvalue weighted by atomic mass is 16.4. The van der Waals surface area contributed by atoms with E-state index in [1.807, 2.05) is 0 Å². The first kappa shape index (κ1) is 19.7. The average molecular weight is 379 g/mol. The topological polar surface area (TPSA) is 77.8 Å². The number of fused-ring (bicyclic) bond motifs is 5. The van der Waals surface area contributed by atoms with Gasteiger partial charge in [0.15, 0.2) is 0 Å². The van der Waals surface area contributed by atoms with Crippen LogP contribution < -0.4 is 0 Å². The Morgan fingerprint density at radius 1 is 0.852 bits per heavy atom. The van der Waals surface area contributed by atoms with E-state index in [0.29, 0.717) is 18.3 Å². The number of carboxylic acid groups (broad SMARTS) is 1. The zero-order valence-electron chi connectivity index (χ0n) is 17.7. The summed E-state index contributed by atoms with van der Waals surface area (Å²) in [5, 5.41) is 31.6. The van der Waals surface area contributed by atoms with Gasteiger partial charge in [-0.3, -0.25) is 4.79 Å². The number of carbonyl (C=O) groups is 1. The van der Waals surface area contributed by atoms with Crippen LogP contribution in [0.3, 0.4) is 0 Å². The lowest BCUT2D eigenvalue weighted by Gasteiger charge is -2.70. The minimum atomic E-state index is -0.730. The predicted octanol–water partition coefficient (Wildman–Crippen LogP) is 4.09. The summed E-state index contributed by atoms with van der Waals surface area (Å²) in [5.74, 6) is -0.418. The minimum Gasteiger partial charge on any atom is -0.481 e. The molecule has 0 aliphatic heterocycles. The summed E-state index contributed by atoms with van der Waals surface area (Å²) in [4.78, 5) is 11.9. The highest BCUT2D eigenvalue weighted by molar-refractivity contribution is 5.71. The molecule has 0 heterocycles. The van der Waals surface area contributed by atoms with Crippen LogP contribution in [0.1, 0.15) is 79.6 Å². The van der Waals surface area contributed by atoms with Crippen LogP contribution in [0.5, 0.6) is 0 Å². The highest BCUT2D eigenvalue weighted by Gasteiger charge is 2.70. The number of rotatable bonds is 1. The Hall–Kier alpha value is -0.610. The number of hydrogen-bond acceptors (Lipinski definition) is 3. The van der Waals surface area contributed by atoms with E-state index in [9.17, 15) is 20.1 Å². The number of carboxylic acids is 1. The molecule has 4 saturated carbocycles. The van der Waals surface area contributed by atoms with Crippen molar-refractivity contribution < 1.29 is 20.1 Å². The van der Waals surface area contributed by atoms with E-state index in [0.717, 1.165) is 38.5 Å². The van der Waals surface area contributed by atoms with Gasteiger partial charge in [0.1, 0.15) is 0 Å². The van der Waals surface area contributed by atoms with Gasteiger partial charge in [-0.25, -0.2) is 0 Å². The number of hydrogen-bond donors (Lipinski definition) is 3. The lowest BCUT2D eigenvalue weighted by Crippen LogP contribution is -2.66. The average Bonchev–Trinajstić information content (AvgIpc) is 2.94. The first-order valence-corrected chi connectivity index (χ1v) is 11.0. The third-order valence-corrected chi connectivity index (χ3v) is 10.7. The maximum Gasteiger partial charge on any atom is 0.306 e. The summed E-state index contributed by atoms with van der Waals surface area (Å²) in [6, 6.07) is 0. The van der Waals surface area contributed by atoms with Crippen molar-refractivity contribution >= 4 is 5.97 Å². The van der Waals surface area contributed by atoms with E-state index < -0.39 is 18.0 Å². The Kier molecular flexibility index (Phi) is 4.17. The molecule has 0 saturated heterocycles. The molecule has 0 amide bonds.